The van der Waals surface area contributed by atoms with E-state index in [0.29, 0.717) is 38.9 Å². The number of amides is 1. The fraction of sp³-hybridized carbons (Fsp3) is 0.0833. The molecule has 6 nitrogen and oxygen atoms in total. The Kier molecular flexibility index (Phi) is 5.91. The summed E-state index contributed by atoms with van der Waals surface area (Å²) in [5.74, 6) is 0.907. The van der Waals surface area contributed by atoms with Crippen molar-refractivity contribution in [3.8, 4) is 22.6 Å². The Labute approximate surface area is 183 Å². The number of carbonyl (C=O) groups excluding carboxylic acids is 1. The average Bonchev–Trinajstić information content (AvgIpc) is 2.78. The van der Waals surface area contributed by atoms with Crippen molar-refractivity contribution >= 4 is 34.2 Å². The summed E-state index contributed by atoms with van der Waals surface area (Å²) in [4.78, 5) is 24.6. The molecule has 0 spiro atoms. The monoisotopic (exact) mass is 435 g/mol. The second kappa shape index (κ2) is 8.93. The van der Waals surface area contributed by atoms with Crippen molar-refractivity contribution in [1.29, 1.82) is 0 Å². The van der Waals surface area contributed by atoms with Crippen molar-refractivity contribution in [2.24, 2.45) is 0 Å². The predicted octanol–water partition coefficient (Wildman–Crippen LogP) is 5.14. The van der Waals surface area contributed by atoms with Gasteiger partial charge in [-0.15, -0.1) is 0 Å². The van der Waals surface area contributed by atoms with E-state index in [1.807, 2.05) is 12.1 Å². The number of methoxy groups -OCH3 is 1. The van der Waals surface area contributed by atoms with Gasteiger partial charge in [0, 0.05) is 16.6 Å². The summed E-state index contributed by atoms with van der Waals surface area (Å²) in [6.45, 7) is -0.167. The summed E-state index contributed by atoms with van der Waals surface area (Å²) < 4.78 is 15.9. The van der Waals surface area contributed by atoms with Gasteiger partial charge in [0.1, 0.15) is 17.1 Å². The number of halogens is 1. The number of hydrogen-bond donors (Lipinski definition) is 1. The molecule has 0 saturated carbocycles. The highest BCUT2D eigenvalue weighted by Crippen LogP contribution is 2.30. The Balaban J connectivity index is 1.46. The highest BCUT2D eigenvalue weighted by molar-refractivity contribution is 6.33. The summed E-state index contributed by atoms with van der Waals surface area (Å²) >= 11 is 6.40. The first-order valence-corrected chi connectivity index (χ1v) is 9.81. The lowest BCUT2D eigenvalue weighted by molar-refractivity contribution is -0.118. The van der Waals surface area contributed by atoms with Crippen molar-refractivity contribution in [3.05, 3.63) is 88.2 Å². The molecule has 4 rings (SSSR count). The van der Waals surface area contributed by atoms with Crippen molar-refractivity contribution in [3.63, 3.8) is 0 Å². The minimum absolute atomic E-state index is 0.167. The summed E-state index contributed by atoms with van der Waals surface area (Å²) in [5.41, 5.74) is 1.39. The maximum absolute atomic E-state index is 12.4. The molecule has 0 saturated heterocycles. The standard InChI is InChI=1S/C24H18ClNO5/c1-29-17-7-9-18(10-8-17)30-14-23(27)26-16-6-11-19(21(25)13-16)20-12-15-4-2-3-5-22(15)31-24(20)28/h2-13H,14H2,1H3,(H,26,27). The first kappa shape index (κ1) is 20.5. The summed E-state index contributed by atoms with van der Waals surface area (Å²) in [5, 5.41) is 3.83. The number of rotatable bonds is 6. The lowest BCUT2D eigenvalue weighted by Crippen LogP contribution is -2.20. The molecule has 7 heteroatoms. The van der Waals surface area contributed by atoms with Crippen molar-refractivity contribution in [1.82, 2.24) is 0 Å². The smallest absolute Gasteiger partial charge is 0.344 e. The zero-order valence-corrected chi connectivity index (χ0v) is 17.3. The van der Waals surface area contributed by atoms with Crippen LogP contribution in [0.1, 0.15) is 0 Å². The van der Waals surface area contributed by atoms with Gasteiger partial charge in [-0.1, -0.05) is 35.9 Å². The highest BCUT2D eigenvalue weighted by atomic mass is 35.5. The van der Waals surface area contributed by atoms with Gasteiger partial charge in [-0.2, -0.15) is 0 Å². The quantitative estimate of drug-likeness (QED) is 0.424. The fourth-order valence-electron chi connectivity index (χ4n) is 3.08. The molecular weight excluding hydrogens is 418 g/mol. The second-order valence-corrected chi connectivity index (χ2v) is 7.10. The molecule has 0 aliphatic rings. The third-order valence-electron chi connectivity index (χ3n) is 4.61. The topological polar surface area (TPSA) is 77.8 Å². The predicted molar refractivity (Wildman–Crippen MR) is 120 cm³/mol. The van der Waals surface area contributed by atoms with E-state index in [2.05, 4.69) is 5.32 Å². The largest absolute Gasteiger partial charge is 0.497 e. The Morgan fingerprint density at radius 1 is 0.968 bits per heavy atom. The third-order valence-corrected chi connectivity index (χ3v) is 4.93. The van der Waals surface area contributed by atoms with Crippen molar-refractivity contribution in [2.45, 2.75) is 0 Å². The van der Waals surface area contributed by atoms with Gasteiger partial charge in [0.05, 0.1) is 17.7 Å². The molecule has 0 aliphatic carbocycles. The molecule has 4 aromatic rings. The van der Waals surface area contributed by atoms with Crippen molar-refractivity contribution in [2.75, 3.05) is 19.0 Å². The Hall–Kier alpha value is -3.77. The number of anilines is 1. The highest BCUT2D eigenvalue weighted by Gasteiger charge is 2.13. The molecule has 0 atom stereocenters. The second-order valence-electron chi connectivity index (χ2n) is 6.69. The maximum Gasteiger partial charge on any atom is 0.344 e. The van der Waals surface area contributed by atoms with Gasteiger partial charge < -0.3 is 19.2 Å². The molecule has 0 aliphatic heterocycles. The van der Waals surface area contributed by atoms with Crippen LogP contribution in [0.25, 0.3) is 22.1 Å². The number of nitrogens with one attached hydrogen (secondary N) is 1. The van der Waals surface area contributed by atoms with Crippen molar-refractivity contribution < 1.29 is 18.7 Å². The van der Waals surface area contributed by atoms with Gasteiger partial charge in [0.2, 0.25) is 0 Å². The van der Waals surface area contributed by atoms with Crippen LogP contribution in [0, 0.1) is 0 Å². The first-order chi connectivity index (χ1) is 15.0. The van der Waals surface area contributed by atoms with Gasteiger partial charge in [-0.05, 0) is 48.5 Å². The third kappa shape index (κ3) is 4.70. The molecule has 0 unspecified atom stereocenters. The molecule has 1 heterocycles. The molecule has 1 N–H and O–H groups in total. The molecule has 0 bridgehead atoms. The van der Waals surface area contributed by atoms with Crippen LogP contribution in [0.15, 0.2) is 82.0 Å². The number of carbonyl (C=O) groups is 1. The molecule has 31 heavy (non-hydrogen) atoms. The van der Waals surface area contributed by atoms with Crippen LogP contribution in [0.5, 0.6) is 11.5 Å². The van der Waals surface area contributed by atoms with Gasteiger partial charge in [-0.25, -0.2) is 4.79 Å². The number of ether oxygens (including phenoxy) is 2. The van der Waals surface area contributed by atoms with E-state index >= 15 is 0 Å². The normalized spacial score (nSPS) is 10.6. The van der Waals surface area contributed by atoms with E-state index in [0.717, 1.165) is 5.39 Å². The van der Waals surface area contributed by atoms with Crippen LogP contribution >= 0.6 is 11.6 Å². The lowest BCUT2D eigenvalue weighted by atomic mass is 10.1. The van der Waals surface area contributed by atoms with Crippen LogP contribution in [0.4, 0.5) is 5.69 Å². The minimum atomic E-state index is -0.481. The molecule has 156 valence electrons. The van der Waals surface area contributed by atoms with Gasteiger partial charge in [0.25, 0.3) is 5.91 Å². The molecule has 1 amide bonds. The number of para-hydroxylation sites is 1. The van der Waals surface area contributed by atoms with E-state index in [-0.39, 0.29) is 12.5 Å². The van der Waals surface area contributed by atoms with Crippen LogP contribution < -0.4 is 20.4 Å². The number of fused-ring (bicyclic) bond motifs is 1. The molecular formula is C24H18ClNO5. The van der Waals surface area contributed by atoms with Crippen LogP contribution in [0.2, 0.25) is 5.02 Å². The van der Waals surface area contributed by atoms with E-state index in [1.54, 1.807) is 67.8 Å². The zero-order valence-electron chi connectivity index (χ0n) is 16.6. The van der Waals surface area contributed by atoms with E-state index in [4.69, 9.17) is 25.5 Å². The van der Waals surface area contributed by atoms with Crippen LogP contribution in [-0.2, 0) is 4.79 Å². The first-order valence-electron chi connectivity index (χ1n) is 9.43. The van der Waals surface area contributed by atoms with E-state index in [9.17, 15) is 9.59 Å². The Bertz CT molecular complexity index is 1300. The Morgan fingerprint density at radius 2 is 1.71 bits per heavy atom. The van der Waals surface area contributed by atoms with Gasteiger partial charge in [0.15, 0.2) is 6.61 Å². The fourth-order valence-corrected chi connectivity index (χ4v) is 3.36. The maximum atomic E-state index is 12.4. The van der Waals surface area contributed by atoms with Crippen LogP contribution in [-0.4, -0.2) is 19.6 Å². The van der Waals surface area contributed by atoms with E-state index < -0.39 is 5.63 Å². The lowest BCUT2D eigenvalue weighted by Gasteiger charge is -2.10. The zero-order chi connectivity index (χ0) is 21.8. The molecule has 1 aromatic heterocycles. The Morgan fingerprint density at radius 3 is 2.45 bits per heavy atom. The summed E-state index contributed by atoms with van der Waals surface area (Å²) in [6.07, 6.45) is 0. The van der Waals surface area contributed by atoms with Gasteiger partial charge >= 0.3 is 5.63 Å². The number of benzene rings is 3. The summed E-state index contributed by atoms with van der Waals surface area (Å²) in [7, 11) is 1.58. The minimum Gasteiger partial charge on any atom is -0.497 e. The number of hydrogen-bond acceptors (Lipinski definition) is 5. The van der Waals surface area contributed by atoms with Gasteiger partial charge in [-0.3, -0.25) is 4.79 Å². The molecule has 0 fully saturated rings. The van der Waals surface area contributed by atoms with E-state index in [1.165, 1.54) is 0 Å². The molecule has 3 aromatic carbocycles. The average molecular weight is 436 g/mol. The molecule has 0 radical (unpaired) electrons. The SMILES string of the molecule is COc1ccc(OCC(=O)Nc2ccc(-c3cc4ccccc4oc3=O)c(Cl)c2)cc1. The summed E-state index contributed by atoms with van der Waals surface area (Å²) in [6, 6.07) is 20.8. The van der Waals surface area contributed by atoms with Crippen LogP contribution in [0.3, 0.4) is 0 Å².